The standard InChI is InChI=1S/C20H20N2O4S4/c1-12(9-16-19(25)21(7-8-27)20(28)30-16)3-6-17-22(11-18(23)24)14-5-4-13(29-2)10-15(14)26-17/h3-6,9-10,27H,7-8,11H2,1-2H3,(H,23,24). The number of carbonyl (C=O) groups excluding carboxylic acids is 1. The zero-order valence-electron chi connectivity index (χ0n) is 16.3. The molecular formula is C20H20N2O4S4. The first kappa shape index (κ1) is 22.8. The van der Waals surface area contributed by atoms with Crippen molar-refractivity contribution in [1.82, 2.24) is 4.90 Å². The van der Waals surface area contributed by atoms with E-state index in [9.17, 15) is 14.7 Å². The number of carboxylic acid groups (broad SMARTS) is 1. The highest BCUT2D eigenvalue weighted by Crippen LogP contribution is 2.41. The van der Waals surface area contributed by atoms with Crippen LogP contribution in [-0.4, -0.2) is 51.3 Å². The molecule has 158 valence electrons. The molecule has 0 bridgehead atoms. The molecule has 1 amide bonds. The van der Waals surface area contributed by atoms with Gasteiger partial charge in [0, 0.05) is 17.2 Å². The lowest BCUT2D eigenvalue weighted by Crippen LogP contribution is -2.29. The fourth-order valence-corrected chi connectivity index (χ4v) is 4.87. The van der Waals surface area contributed by atoms with Gasteiger partial charge in [-0.2, -0.15) is 12.6 Å². The molecule has 1 N–H and O–H groups in total. The summed E-state index contributed by atoms with van der Waals surface area (Å²) in [7, 11) is 0. The Balaban J connectivity index is 1.84. The predicted molar refractivity (Wildman–Crippen MR) is 130 cm³/mol. The van der Waals surface area contributed by atoms with Crippen molar-refractivity contribution in [1.29, 1.82) is 0 Å². The molecule has 1 fully saturated rings. The number of hydrogen-bond acceptors (Lipinski definition) is 8. The van der Waals surface area contributed by atoms with Crippen LogP contribution in [-0.2, 0) is 9.59 Å². The summed E-state index contributed by atoms with van der Waals surface area (Å²) in [5.41, 5.74) is 1.52. The van der Waals surface area contributed by atoms with Crippen LogP contribution in [0, 0.1) is 0 Å². The highest BCUT2D eigenvalue weighted by Gasteiger charge is 2.31. The largest absolute Gasteiger partial charge is 0.480 e. The third-order valence-corrected chi connectivity index (χ3v) is 6.58. The van der Waals surface area contributed by atoms with Gasteiger partial charge in [0.1, 0.15) is 10.9 Å². The number of aliphatic carboxylic acids is 1. The van der Waals surface area contributed by atoms with Crippen LogP contribution in [0.1, 0.15) is 6.92 Å². The summed E-state index contributed by atoms with van der Waals surface area (Å²) in [6.45, 7) is 2.12. The van der Waals surface area contributed by atoms with Crippen LogP contribution in [0.15, 0.2) is 57.7 Å². The van der Waals surface area contributed by atoms with Crippen molar-refractivity contribution in [3.8, 4) is 5.75 Å². The lowest BCUT2D eigenvalue weighted by Gasteiger charge is -2.15. The minimum Gasteiger partial charge on any atom is -0.480 e. The summed E-state index contributed by atoms with van der Waals surface area (Å²) in [6, 6.07) is 5.67. The molecule has 0 spiro atoms. The first-order chi connectivity index (χ1) is 14.3. The van der Waals surface area contributed by atoms with E-state index in [2.05, 4.69) is 12.6 Å². The number of thioether (sulfide) groups is 2. The SMILES string of the molecule is CSc1ccc2c(c1)OC(=CC=C(C)C=C1SC(=S)N(CCS)C1=O)N2CC(=O)O. The molecule has 0 aliphatic carbocycles. The van der Waals surface area contributed by atoms with Gasteiger partial charge in [0.05, 0.1) is 10.6 Å². The molecule has 0 unspecified atom stereocenters. The number of ether oxygens (including phenoxy) is 1. The first-order valence-corrected chi connectivity index (χ1v) is 12.0. The minimum absolute atomic E-state index is 0.124. The second-order valence-electron chi connectivity index (χ2n) is 6.39. The van der Waals surface area contributed by atoms with Gasteiger partial charge in [-0.1, -0.05) is 30.1 Å². The zero-order chi connectivity index (χ0) is 21.8. The van der Waals surface area contributed by atoms with Crippen LogP contribution in [0.3, 0.4) is 0 Å². The summed E-state index contributed by atoms with van der Waals surface area (Å²) >= 11 is 12.3. The molecule has 1 aromatic rings. The average Bonchev–Trinajstić information content (AvgIpc) is 3.17. The van der Waals surface area contributed by atoms with Crippen LogP contribution in [0.5, 0.6) is 5.75 Å². The molecule has 10 heteroatoms. The number of thiocarbonyl (C=S) groups is 1. The third-order valence-electron chi connectivity index (χ3n) is 4.28. The van der Waals surface area contributed by atoms with Crippen molar-refractivity contribution in [3.63, 3.8) is 0 Å². The highest BCUT2D eigenvalue weighted by molar-refractivity contribution is 8.26. The molecule has 1 aromatic carbocycles. The first-order valence-electron chi connectivity index (χ1n) is 8.94. The number of anilines is 1. The molecule has 2 aliphatic heterocycles. The van der Waals surface area contributed by atoms with Crippen molar-refractivity contribution >= 4 is 70.3 Å². The number of allylic oxidation sites excluding steroid dienone is 4. The Bertz CT molecular complexity index is 987. The second kappa shape index (κ2) is 9.95. The van der Waals surface area contributed by atoms with Gasteiger partial charge in [-0.3, -0.25) is 19.4 Å². The van der Waals surface area contributed by atoms with Crippen molar-refractivity contribution in [2.45, 2.75) is 11.8 Å². The second-order valence-corrected chi connectivity index (χ2v) is 9.39. The maximum absolute atomic E-state index is 12.5. The molecule has 0 atom stereocenters. The number of hydrogen-bond donors (Lipinski definition) is 2. The summed E-state index contributed by atoms with van der Waals surface area (Å²) in [5.74, 6) is 0.492. The van der Waals surface area contributed by atoms with Crippen molar-refractivity contribution < 1.29 is 19.4 Å². The van der Waals surface area contributed by atoms with Gasteiger partial charge >= 0.3 is 5.97 Å². The van der Waals surface area contributed by atoms with Crippen LogP contribution in [0.25, 0.3) is 0 Å². The molecular weight excluding hydrogens is 460 g/mol. The van der Waals surface area contributed by atoms with E-state index in [0.29, 0.717) is 38.8 Å². The van der Waals surface area contributed by atoms with Gasteiger partial charge in [-0.25, -0.2) is 0 Å². The van der Waals surface area contributed by atoms with Crippen molar-refractivity contribution in [2.75, 3.05) is 30.0 Å². The number of amides is 1. The van der Waals surface area contributed by atoms with Crippen LogP contribution >= 0.6 is 48.4 Å². The Morgan fingerprint density at radius 1 is 1.40 bits per heavy atom. The predicted octanol–water partition coefficient (Wildman–Crippen LogP) is 4.15. The van der Waals surface area contributed by atoms with E-state index in [1.807, 2.05) is 31.4 Å². The monoisotopic (exact) mass is 480 g/mol. The molecule has 0 saturated carbocycles. The average molecular weight is 481 g/mol. The van der Waals surface area contributed by atoms with Crippen LogP contribution < -0.4 is 9.64 Å². The quantitative estimate of drug-likeness (QED) is 0.261. The molecule has 2 aliphatic rings. The Hall–Kier alpha value is -1.88. The fourth-order valence-electron chi connectivity index (χ4n) is 2.89. The van der Waals surface area contributed by atoms with Crippen molar-refractivity contribution in [3.05, 3.63) is 52.8 Å². The van der Waals surface area contributed by atoms with Gasteiger partial charge < -0.3 is 9.84 Å². The Kier molecular flexibility index (Phi) is 7.56. The van der Waals surface area contributed by atoms with E-state index in [4.69, 9.17) is 17.0 Å². The van der Waals surface area contributed by atoms with Gasteiger partial charge in [-0.15, -0.1) is 11.8 Å². The number of carboxylic acids is 1. The molecule has 1 saturated heterocycles. The van der Waals surface area contributed by atoms with Gasteiger partial charge in [-0.05, 0) is 49.1 Å². The molecule has 2 heterocycles. The summed E-state index contributed by atoms with van der Waals surface area (Å²) < 4.78 is 6.43. The molecule has 6 nitrogen and oxygen atoms in total. The van der Waals surface area contributed by atoms with E-state index in [-0.39, 0.29) is 12.5 Å². The summed E-state index contributed by atoms with van der Waals surface area (Å²) in [5, 5.41) is 9.29. The van der Waals surface area contributed by atoms with E-state index in [1.54, 1.807) is 39.8 Å². The summed E-state index contributed by atoms with van der Waals surface area (Å²) in [6.07, 6.45) is 7.23. The van der Waals surface area contributed by atoms with E-state index in [1.165, 1.54) is 11.8 Å². The van der Waals surface area contributed by atoms with Gasteiger partial charge in [0.2, 0.25) is 5.88 Å². The third kappa shape index (κ3) is 5.05. The van der Waals surface area contributed by atoms with Crippen LogP contribution in [0.4, 0.5) is 5.69 Å². The molecule has 0 aromatic heterocycles. The van der Waals surface area contributed by atoms with Gasteiger partial charge in [0.25, 0.3) is 5.91 Å². The highest BCUT2D eigenvalue weighted by atomic mass is 32.2. The number of carbonyl (C=O) groups is 2. The molecule has 0 radical (unpaired) electrons. The van der Waals surface area contributed by atoms with Gasteiger partial charge in [0.15, 0.2) is 5.75 Å². The maximum Gasteiger partial charge on any atom is 0.323 e. The van der Waals surface area contributed by atoms with E-state index < -0.39 is 5.97 Å². The molecule has 3 rings (SSSR count). The fraction of sp³-hybridized carbons (Fsp3) is 0.250. The van der Waals surface area contributed by atoms with Crippen molar-refractivity contribution in [2.24, 2.45) is 0 Å². The minimum atomic E-state index is -0.958. The molecule has 30 heavy (non-hydrogen) atoms. The van der Waals surface area contributed by atoms with E-state index in [0.717, 1.165) is 10.5 Å². The lowest BCUT2D eigenvalue weighted by molar-refractivity contribution is -0.135. The number of rotatable bonds is 7. The summed E-state index contributed by atoms with van der Waals surface area (Å²) in [4.78, 5) is 28.5. The van der Waals surface area contributed by atoms with E-state index >= 15 is 0 Å². The normalized spacial score (nSPS) is 19.1. The number of fused-ring (bicyclic) bond motifs is 1. The number of thiol groups is 1. The van der Waals surface area contributed by atoms with Crippen LogP contribution in [0.2, 0.25) is 0 Å². The maximum atomic E-state index is 12.5. The Morgan fingerprint density at radius 2 is 2.17 bits per heavy atom. The Morgan fingerprint density at radius 3 is 2.83 bits per heavy atom. The topological polar surface area (TPSA) is 70.1 Å². The number of benzene rings is 1. The Labute approximate surface area is 194 Å². The number of nitrogens with zero attached hydrogens (tertiary/aromatic N) is 2. The lowest BCUT2D eigenvalue weighted by atomic mass is 10.2. The smallest absolute Gasteiger partial charge is 0.323 e. The zero-order valence-corrected chi connectivity index (χ0v) is 19.7.